The zero-order valence-corrected chi connectivity index (χ0v) is 21.6. The van der Waals surface area contributed by atoms with Gasteiger partial charge < -0.3 is 9.47 Å². The van der Waals surface area contributed by atoms with E-state index in [1.807, 2.05) is 17.2 Å². The molecule has 2 saturated heterocycles. The molecule has 3 heterocycles. The Hall–Kier alpha value is -2.12. The number of aromatic nitrogens is 1. The number of fused-ring (bicyclic) bond motifs is 1. The van der Waals surface area contributed by atoms with Gasteiger partial charge in [0, 0.05) is 36.3 Å². The quantitative estimate of drug-likeness (QED) is 0.404. The Bertz CT molecular complexity index is 1120. The maximum atomic E-state index is 13.2. The van der Waals surface area contributed by atoms with Crippen LogP contribution in [0.1, 0.15) is 58.1 Å². The van der Waals surface area contributed by atoms with Gasteiger partial charge in [-0.25, -0.2) is 0 Å². The van der Waals surface area contributed by atoms with E-state index < -0.39 is 0 Å². The summed E-state index contributed by atoms with van der Waals surface area (Å²) in [4.78, 5) is 30.6. The highest BCUT2D eigenvalue weighted by Gasteiger charge is 2.32. The number of hydrogen-bond acceptors (Lipinski definition) is 4. The van der Waals surface area contributed by atoms with E-state index in [0.717, 1.165) is 42.3 Å². The number of likely N-dealkylation sites (tertiary alicyclic amines) is 1. The molecule has 0 N–H and O–H groups in total. The Morgan fingerprint density at radius 2 is 2.09 bits per heavy atom. The van der Waals surface area contributed by atoms with Crippen LogP contribution in [0.5, 0.6) is 0 Å². The molecule has 7 heteroatoms. The zero-order chi connectivity index (χ0) is 23.7. The number of carbonyl (C=O) groups is 2. The second-order valence-electron chi connectivity index (χ2n) is 9.50. The number of rotatable bonds is 6. The molecular formula is C26H33N3O2S2. The molecule has 176 valence electrons. The molecule has 1 aromatic carbocycles. The van der Waals surface area contributed by atoms with E-state index in [9.17, 15) is 9.59 Å². The van der Waals surface area contributed by atoms with E-state index in [2.05, 4.69) is 50.5 Å². The van der Waals surface area contributed by atoms with Crippen LogP contribution < -0.4 is 0 Å². The van der Waals surface area contributed by atoms with Crippen LogP contribution >= 0.6 is 24.0 Å². The molecule has 2 fully saturated rings. The first kappa shape index (κ1) is 24.0. The van der Waals surface area contributed by atoms with Gasteiger partial charge in [-0.05, 0) is 50.2 Å². The maximum absolute atomic E-state index is 13.2. The van der Waals surface area contributed by atoms with Crippen molar-refractivity contribution < 1.29 is 9.59 Å². The van der Waals surface area contributed by atoms with Crippen LogP contribution in [-0.2, 0) is 22.6 Å². The van der Waals surface area contributed by atoms with Gasteiger partial charge in [-0.15, -0.1) is 0 Å². The minimum absolute atomic E-state index is 0.0236. The minimum atomic E-state index is -0.0236. The molecule has 0 unspecified atom stereocenters. The molecule has 2 amide bonds. The maximum Gasteiger partial charge on any atom is 0.266 e. The zero-order valence-electron chi connectivity index (χ0n) is 20.0. The number of carbonyl (C=O) groups excluding carboxylic acids is 2. The second-order valence-corrected chi connectivity index (χ2v) is 11.2. The highest BCUT2D eigenvalue weighted by atomic mass is 32.2. The molecule has 33 heavy (non-hydrogen) atoms. The van der Waals surface area contributed by atoms with E-state index in [1.165, 1.54) is 23.7 Å². The third kappa shape index (κ3) is 4.90. The first-order valence-electron chi connectivity index (χ1n) is 12.0. The Balaban J connectivity index is 1.70. The van der Waals surface area contributed by atoms with Gasteiger partial charge in [-0.2, -0.15) is 0 Å². The fourth-order valence-corrected chi connectivity index (χ4v) is 6.13. The van der Waals surface area contributed by atoms with Crippen molar-refractivity contribution in [3.05, 3.63) is 40.4 Å². The molecule has 0 bridgehead atoms. The summed E-state index contributed by atoms with van der Waals surface area (Å²) in [6.07, 6.45) is 8.20. The Morgan fingerprint density at radius 3 is 2.79 bits per heavy atom. The van der Waals surface area contributed by atoms with Crippen LogP contribution in [0, 0.1) is 5.92 Å². The molecule has 2 aliphatic heterocycles. The van der Waals surface area contributed by atoms with Crippen LogP contribution in [0.25, 0.3) is 17.0 Å². The molecule has 4 rings (SSSR count). The molecular weight excluding hydrogens is 450 g/mol. The summed E-state index contributed by atoms with van der Waals surface area (Å²) in [6, 6.07) is 6.56. The summed E-state index contributed by atoms with van der Waals surface area (Å²) < 4.78 is 2.70. The highest BCUT2D eigenvalue weighted by Crippen LogP contribution is 2.35. The summed E-state index contributed by atoms with van der Waals surface area (Å²) in [5.74, 6) is 0.494. The monoisotopic (exact) mass is 483 g/mol. The predicted octanol–water partition coefficient (Wildman–Crippen LogP) is 5.46. The number of para-hydroxylation sites is 1. The van der Waals surface area contributed by atoms with E-state index in [0.29, 0.717) is 34.3 Å². The van der Waals surface area contributed by atoms with Gasteiger partial charge in [0.25, 0.3) is 5.91 Å². The lowest BCUT2D eigenvalue weighted by Gasteiger charge is -2.33. The number of piperidine rings is 1. The van der Waals surface area contributed by atoms with Crippen molar-refractivity contribution in [2.45, 2.75) is 66.0 Å². The van der Waals surface area contributed by atoms with E-state index in [-0.39, 0.29) is 11.8 Å². The second kappa shape index (κ2) is 10.0. The van der Waals surface area contributed by atoms with Crippen LogP contribution in [-0.4, -0.2) is 49.6 Å². The summed E-state index contributed by atoms with van der Waals surface area (Å²) in [7, 11) is 0. The van der Waals surface area contributed by atoms with Gasteiger partial charge in [0.2, 0.25) is 5.91 Å². The van der Waals surface area contributed by atoms with Gasteiger partial charge in [0.15, 0.2) is 0 Å². The highest BCUT2D eigenvalue weighted by molar-refractivity contribution is 8.26. The van der Waals surface area contributed by atoms with Crippen LogP contribution in [0.4, 0.5) is 0 Å². The SMILES string of the molecule is CCc1cccc2c(/C=C3\SC(=S)N(CC(C)C)C3=O)cn(CC(=O)N3CCCC[C@H]3C)c12. The lowest BCUT2D eigenvalue weighted by molar-refractivity contribution is -0.135. The minimum Gasteiger partial charge on any atom is -0.338 e. The average molecular weight is 484 g/mol. The van der Waals surface area contributed by atoms with Crippen molar-refractivity contribution in [3.63, 3.8) is 0 Å². The first-order valence-corrected chi connectivity index (χ1v) is 13.2. The standard InChI is InChI=1S/C26H33N3O2S2/c1-5-19-10-8-11-21-20(13-22-25(31)29(14-17(2)3)26(32)33-22)15-27(24(19)21)16-23(30)28-12-7-6-9-18(28)4/h8,10-11,13,15,17-18H,5-7,9,12,14,16H2,1-4H3/b22-13-/t18-/m1/s1. The number of aryl methyl sites for hydroxylation is 1. The van der Waals surface area contributed by atoms with Crippen LogP contribution in [0.2, 0.25) is 0 Å². The van der Waals surface area contributed by atoms with Gasteiger partial charge >= 0.3 is 0 Å². The van der Waals surface area contributed by atoms with Gasteiger partial charge in [-0.1, -0.05) is 63.0 Å². The summed E-state index contributed by atoms with van der Waals surface area (Å²) in [6.45, 7) is 10.2. The third-order valence-electron chi connectivity index (χ3n) is 6.53. The Morgan fingerprint density at radius 1 is 1.30 bits per heavy atom. The number of amides is 2. The lowest BCUT2D eigenvalue weighted by atomic mass is 10.0. The van der Waals surface area contributed by atoms with E-state index in [1.54, 1.807) is 4.90 Å². The third-order valence-corrected chi connectivity index (χ3v) is 7.91. The van der Waals surface area contributed by atoms with Crippen LogP contribution in [0.15, 0.2) is 29.3 Å². The number of thiocarbonyl (C=S) groups is 1. The Kier molecular flexibility index (Phi) is 7.29. The molecule has 1 aromatic heterocycles. The van der Waals surface area contributed by atoms with E-state index in [4.69, 9.17) is 12.2 Å². The smallest absolute Gasteiger partial charge is 0.266 e. The topological polar surface area (TPSA) is 45.6 Å². The summed E-state index contributed by atoms with van der Waals surface area (Å²) in [5.41, 5.74) is 3.26. The summed E-state index contributed by atoms with van der Waals surface area (Å²) >= 11 is 6.85. The molecule has 0 spiro atoms. The lowest BCUT2D eigenvalue weighted by Crippen LogP contribution is -2.43. The molecule has 5 nitrogen and oxygen atoms in total. The first-order chi connectivity index (χ1) is 15.8. The van der Waals surface area contributed by atoms with Gasteiger partial charge in [0.05, 0.1) is 10.4 Å². The number of nitrogens with zero attached hydrogens (tertiary/aromatic N) is 3. The van der Waals surface area contributed by atoms with Crippen molar-refractivity contribution >= 4 is 57.1 Å². The van der Waals surface area contributed by atoms with E-state index >= 15 is 0 Å². The van der Waals surface area contributed by atoms with Crippen LogP contribution in [0.3, 0.4) is 0 Å². The molecule has 0 aliphatic carbocycles. The van der Waals surface area contributed by atoms with Crippen molar-refractivity contribution in [2.75, 3.05) is 13.1 Å². The molecule has 2 aliphatic rings. The number of thioether (sulfide) groups is 1. The van der Waals surface area contributed by atoms with Gasteiger partial charge in [-0.3, -0.25) is 14.5 Å². The molecule has 0 saturated carbocycles. The van der Waals surface area contributed by atoms with Crippen molar-refractivity contribution in [1.29, 1.82) is 0 Å². The molecule has 0 radical (unpaired) electrons. The Labute approximate surface area is 206 Å². The fraction of sp³-hybridized carbons (Fsp3) is 0.500. The largest absolute Gasteiger partial charge is 0.338 e. The number of benzene rings is 1. The predicted molar refractivity (Wildman–Crippen MR) is 141 cm³/mol. The van der Waals surface area contributed by atoms with Gasteiger partial charge in [0.1, 0.15) is 10.9 Å². The van der Waals surface area contributed by atoms with Crippen molar-refractivity contribution in [2.24, 2.45) is 5.92 Å². The fourth-order valence-electron chi connectivity index (χ4n) is 4.86. The molecule has 2 aromatic rings. The number of hydrogen-bond donors (Lipinski definition) is 0. The summed E-state index contributed by atoms with van der Waals surface area (Å²) in [5, 5.41) is 1.07. The average Bonchev–Trinajstić information content (AvgIpc) is 3.25. The molecule has 1 atom stereocenters. The normalized spacial score (nSPS) is 20.6. The van der Waals surface area contributed by atoms with Crippen molar-refractivity contribution in [3.8, 4) is 0 Å². The van der Waals surface area contributed by atoms with Crippen molar-refractivity contribution in [1.82, 2.24) is 14.4 Å².